The number of fused-ring (bicyclic) bond motifs is 2. The molecule has 0 radical (unpaired) electrons. The molecule has 7 heteroatoms. The van der Waals surface area contributed by atoms with Crippen LogP contribution in [0.3, 0.4) is 0 Å². The molecule has 2 saturated carbocycles. The highest BCUT2D eigenvalue weighted by Crippen LogP contribution is 2.44. The van der Waals surface area contributed by atoms with Gasteiger partial charge in [0, 0.05) is 6.04 Å². The van der Waals surface area contributed by atoms with E-state index in [4.69, 9.17) is 12.2 Å². The molecule has 3 N–H and O–H groups in total. The van der Waals surface area contributed by atoms with Gasteiger partial charge in [-0.25, -0.2) is 0 Å². The highest BCUT2D eigenvalue weighted by molar-refractivity contribution is 7.80. The minimum absolute atomic E-state index is 0.0351. The van der Waals surface area contributed by atoms with Gasteiger partial charge in [-0.2, -0.15) is 13.2 Å². The van der Waals surface area contributed by atoms with Crippen LogP contribution in [0.25, 0.3) is 0 Å². The summed E-state index contributed by atoms with van der Waals surface area (Å²) in [4.78, 5) is 0. The van der Waals surface area contributed by atoms with Gasteiger partial charge >= 0.3 is 6.18 Å². The van der Waals surface area contributed by atoms with Gasteiger partial charge in [-0.1, -0.05) is 18.6 Å². The molecule has 1 aromatic carbocycles. The first-order valence-electron chi connectivity index (χ1n) is 7.42. The second-order valence-electron chi connectivity index (χ2n) is 6.05. The first-order chi connectivity index (χ1) is 10.4. The minimum atomic E-state index is -4.40. The van der Waals surface area contributed by atoms with Crippen LogP contribution < -0.4 is 16.2 Å². The summed E-state index contributed by atoms with van der Waals surface area (Å²) in [7, 11) is 0. The number of benzene rings is 1. The lowest BCUT2D eigenvalue weighted by Crippen LogP contribution is -2.46. The topological polar surface area (TPSA) is 36.1 Å². The number of hydrazine groups is 1. The average Bonchev–Trinajstić information content (AvgIpc) is 3.07. The Balaban J connectivity index is 1.55. The molecule has 2 bridgehead atoms. The summed E-state index contributed by atoms with van der Waals surface area (Å²) in [6.45, 7) is 0. The number of hydrogen-bond donors (Lipinski definition) is 3. The van der Waals surface area contributed by atoms with E-state index in [0.29, 0.717) is 17.1 Å². The molecule has 2 fully saturated rings. The second-order valence-corrected chi connectivity index (χ2v) is 6.46. The normalized spacial score (nSPS) is 26.8. The number of hydrogen-bond acceptors (Lipinski definition) is 2. The van der Waals surface area contributed by atoms with Crippen LogP contribution in [0.2, 0.25) is 0 Å². The summed E-state index contributed by atoms with van der Waals surface area (Å²) >= 11 is 5.18. The van der Waals surface area contributed by atoms with Crippen molar-refractivity contribution >= 4 is 23.0 Å². The third kappa shape index (κ3) is 3.29. The fraction of sp³-hybridized carbons (Fsp3) is 0.533. The molecule has 120 valence electrons. The van der Waals surface area contributed by atoms with Crippen molar-refractivity contribution in [2.75, 3.05) is 5.43 Å². The Morgan fingerprint density at radius 2 is 1.91 bits per heavy atom. The monoisotopic (exact) mass is 329 g/mol. The van der Waals surface area contributed by atoms with E-state index in [9.17, 15) is 13.2 Å². The van der Waals surface area contributed by atoms with Crippen LogP contribution in [0.15, 0.2) is 24.3 Å². The van der Waals surface area contributed by atoms with Crippen molar-refractivity contribution in [1.29, 1.82) is 0 Å². The standard InChI is InChI=1S/C15H18F3N3S/c16-15(17,18)11-3-1-2-4-12(11)20-21-14(22)19-13-8-9-5-6-10(13)7-9/h1-4,9-10,13,20H,5-8H2,(H2,19,21,22)/t9-,10-,13-/m0/s1. The van der Waals surface area contributed by atoms with E-state index in [1.165, 1.54) is 31.4 Å². The van der Waals surface area contributed by atoms with E-state index >= 15 is 0 Å². The number of alkyl halides is 3. The van der Waals surface area contributed by atoms with Crippen LogP contribution in [-0.4, -0.2) is 11.2 Å². The maximum Gasteiger partial charge on any atom is 0.418 e. The summed E-state index contributed by atoms with van der Waals surface area (Å²) in [5.41, 5.74) is 4.48. The van der Waals surface area contributed by atoms with Gasteiger partial charge in [0.05, 0.1) is 11.3 Å². The van der Waals surface area contributed by atoms with Crippen LogP contribution in [-0.2, 0) is 6.18 Å². The quantitative estimate of drug-likeness (QED) is 0.584. The minimum Gasteiger partial charge on any atom is -0.358 e. The molecule has 2 aliphatic rings. The number of rotatable bonds is 3. The summed E-state index contributed by atoms with van der Waals surface area (Å²) in [6, 6.07) is 5.66. The Kier molecular flexibility index (Phi) is 4.16. The predicted octanol–water partition coefficient (Wildman–Crippen LogP) is 3.69. The molecule has 2 aliphatic carbocycles. The van der Waals surface area contributed by atoms with Crippen molar-refractivity contribution in [1.82, 2.24) is 10.7 Å². The van der Waals surface area contributed by atoms with Gasteiger partial charge in [-0.15, -0.1) is 0 Å². The molecule has 0 saturated heterocycles. The third-order valence-electron chi connectivity index (χ3n) is 4.60. The van der Waals surface area contributed by atoms with Crippen LogP contribution >= 0.6 is 12.2 Å². The fourth-order valence-electron chi connectivity index (χ4n) is 3.59. The van der Waals surface area contributed by atoms with Gasteiger partial charge < -0.3 is 5.32 Å². The van der Waals surface area contributed by atoms with E-state index < -0.39 is 11.7 Å². The Labute approximate surface area is 132 Å². The Bertz CT molecular complexity index is 561. The second kappa shape index (κ2) is 5.95. The highest BCUT2D eigenvalue weighted by atomic mass is 32.1. The van der Waals surface area contributed by atoms with Crippen molar-refractivity contribution in [3.05, 3.63) is 29.8 Å². The number of thiocarbonyl (C=S) groups is 1. The number of anilines is 1. The van der Waals surface area contributed by atoms with Crippen molar-refractivity contribution in [3.63, 3.8) is 0 Å². The average molecular weight is 329 g/mol. The molecule has 3 nitrogen and oxygen atoms in total. The molecular formula is C15H18F3N3S. The first kappa shape index (κ1) is 15.4. The van der Waals surface area contributed by atoms with Crippen LogP contribution in [0.5, 0.6) is 0 Å². The molecule has 0 unspecified atom stereocenters. The zero-order chi connectivity index (χ0) is 15.7. The molecule has 22 heavy (non-hydrogen) atoms. The zero-order valence-electron chi connectivity index (χ0n) is 11.9. The van der Waals surface area contributed by atoms with Gasteiger partial charge in [-0.05, 0) is 55.4 Å². The van der Waals surface area contributed by atoms with E-state index in [1.54, 1.807) is 6.07 Å². The summed E-state index contributed by atoms with van der Waals surface area (Å²) in [5.74, 6) is 1.43. The lowest BCUT2D eigenvalue weighted by molar-refractivity contribution is -0.137. The zero-order valence-corrected chi connectivity index (χ0v) is 12.7. The van der Waals surface area contributed by atoms with E-state index in [2.05, 4.69) is 16.2 Å². The van der Waals surface area contributed by atoms with Gasteiger partial charge in [0.2, 0.25) is 0 Å². The van der Waals surface area contributed by atoms with Gasteiger partial charge in [0.1, 0.15) is 0 Å². The van der Waals surface area contributed by atoms with Crippen molar-refractivity contribution in [2.45, 2.75) is 37.9 Å². The Morgan fingerprint density at radius 1 is 1.14 bits per heavy atom. The number of nitrogens with one attached hydrogen (secondary N) is 3. The SMILES string of the molecule is FC(F)(F)c1ccccc1NNC(=S)N[C@H]1C[C@H]2CC[C@H]1C2. The molecular weight excluding hydrogens is 311 g/mol. The fourth-order valence-corrected chi connectivity index (χ4v) is 3.79. The molecule has 0 heterocycles. The lowest BCUT2D eigenvalue weighted by atomic mass is 9.96. The Morgan fingerprint density at radius 3 is 2.55 bits per heavy atom. The van der Waals surface area contributed by atoms with Gasteiger partial charge in [-0.3, -0.25) is 10.9 Å². The van der Waals surface area contributed by atoms with Crippen LogP contribution in [0, 0.1) is 11.8 Å². The smallest absolute Gasteiger partial charge is 0.358 e. The largest absolute Gasteiger partial charge is 0.418 e. The predicted molar refractivity (Wildman–Crippen MR) is 83.2 cm³/mol. The summed E-state index contributed by atoms with van der Waals surface area (Å²) < 4.78 is 38.7. The highest BCUT2D eigenvalue weighted by Gasteiger charge is 2.39. The number of halogens is 3. The van der Waals surface area contributed by atoms with Gasteiger partial charge in [0.15, 0.2) is 5.11 Å². The molecule has 0 aliphatic heterocycles. The molecule has 1 aromatic rings. The molecule has 3 atom stereocenters. The molecule has 0 amide bonds. The molecule has 0 aromatic heterocycles. The molecule has 0 spiro atoms. The maximum atomic E-state index is 12.9. The van der Waals surface area contributed by atoms with Gasteiger partial charge in [0.25, 0.3) is 0 Å². The number of para-hydroxylation sites is 1. The van der Waals surface area contributed by atoms with Crippen LogP contribution in [0.1, 0.15) is 31.2 Å². The Hall–Kier alpha value is -1.50. The van der Waals surface area contributed by atoms with E-state index in [-0.39, 0.29) is 5.69 Å². The third-order valence-corrected chi connectivity index (χ3v) is 4.82. The van der Waals surface area contributed by atoms with Crippen LogP contribution in [0.4, 0.5) is 18.9 Å². The van der Waals surface area contributed by atoms with Crippen molar-refractivity contribution < 1.29 is 13.2 Å². The lowest BCUT2D eigenvalue weighted by Gasteiger charge is -2.25. The first-order valence-corrected chi connectivity index (χ1v) is 7.83. The van der Waals surface area contributed by atoms with E-state index in [1.807, 2.05) is 0 Å². The van der Waals surface area contributed by atoms with Crippen molar-refractivity contribution in [2.24, 2.45) is 11.8 Å². The molecule has 3 rings (SSSR count). The summed E-state index contributed by atoms with van der Waals surface area (Å²) in [6.07, 6.45) is 0.455. The summed E-state index contributed by atoms with van der Waals surface area (Å²) in [5, 5.41) is 3.56. The van der Waals surface area contributed by atoms with E-state index in [0.717, 1.165) is 18.4 Å². The van der Waals surface area contributed by atoms with Crippen molar-refractivity contribution in [3.8, 4) is 0 Å². The maximum absolute atomic E-state index is 12.9.